The predicted molar refractivity (Wildman–Crippen MR) is 78.5 cm³/mol. The van der Waals surface area contributed by atoms with Crippen LogP contribution in [-0.2, 0) is 6.54 Å². The largest absolute Gasteiger partial charge is 0.384 e. The third kappa shape index (κ3) is 6.29. The van der Waals surface area contributed by atoms with E-state index in [0.29, 0.717) is 5.82 Å². The molecule has 1 fully saturated rings. The number of anilines is 1. The zero-order valence-electron chi connectivity index (χ0n) is 9.46. The molecule has 0 unspecified atom stereocenters. The average Bonchev–Trinajstić information content (AvgIpc) is 2.23. The number of aromatic nitrogens is 1. The van der Waals surface area contributed by atoms with Crippen LogP contribution in [0.25, 0.3) is 0 Å². The Bertz CT molecular complexity index is 288. The molecule has 0 radical (unpaired) electrons. The molecule has 1 aliphatic rings. The van der Waals surface area contributed by atoms with Crippen LogP contribution in [0.15, 0.2) is 18.3 Å². The molecule has 2 rings (SSSR count). The zero-order valence-corrected chi connectivity index (χ0v) is 11.9. The lowest BCUT2D eigenvalue weighted by molar-refractivity contribution is 0.233. The van der Waals surface area contributed by atoms with Gasteiger partial charge in [-0.05, 0) is 11.6 Å². The van der Waals surface area contributed by atoms with E-state index in [9.17, 15) is 0 Å². The number of rotatable bonds is 2. The Morgan fingerprint density at radius 3 is 2.35 bits per heavy atom. The van der Waals surface area contributed by atoms with Gasteiger partial charge in [-0.15, -0.1) is 37.2 Å². The maximum absolute atomic E-state index is 5.53. The number of nitrogen functional groups attached to an aromatic ring is 1. The number of nitrogens with one attached hydrogen (secondary N) is 1. The van der Waals surface area contributed by atoms with E-state index in [0.717, 1.165) is 32.7 Å². The molecular weight excluding hydrogens is 282 g/mol. The first-order chi connectivity index (χ1) is 6.84. The molecule has 1 aliphatic heterocycles. The van der Waals surface area contributed by atoms with E-state index in [1.54, 1.807) is 0 Å². The van der Waals surface area contributed by atoms with Gasteiger partial charge in [-0.25, -0.2) is 4.98 Å². The second kappa shape index (κ2) is 9.74. The third-order valence-electron chi connectivity index (χ3n) is 2.46. The van der Waals surface area contributed by atoms with Gasteiger partial charge in [-0.3, -0.25) is 4.90 Å². The van der Waals surface area contributed by atoms with E-state index in [1.807, 2.05) is 18.3 Å². The summed E-state index contributed by atoms with van der Waals surface area (Å²) in [5.41, 5.74) is 6.76. The highest BCUT2D eigenvalue weighted by Gasteiger charge is 2.09. The summed E-state index contributed by atoms with van der Waals surface area (Å²) in [4.78, 5) is 6.50. The van der Waals surface area contributed by atoms with E-state index >= 15 is 0 Å². The number of hydrogen-bond acceptors (Lipinski definition) is 4. The molecule has 7 heteroatoms. The van der Waals surface area contributed by atoms with E-state index in [1.165, 1.54) is 5.56 Å². The van der Waals surface area contributed by atoms with E-state index < -0.39 is 0 Å². The zero-order chi connectivity index (χ0) is 9.80. The van der Waals surface area contributed by atoms with Crippen LogP contribution in [-0.4, -0.2) is 36.1 Å². The molecule has 100 valence electrons. The minimum Gasteiger partial charge on any atom is -0.384 e. The standard InChI is InChI=1S/C10H16N4.3ClH/c11-10-2-1-9(7-13-10)8-14-5-3-12-4-6-14;;;/h1-2,7,12H,3-6,8H2,(H2,11,13);3*1H. The van der Waals surface area contributed by atoms with Crippen LogP contribution in [0.2, 0.25) is 0 Å². The first-order valence-electron chi connectivity index (χ1n) is 4.98. The second-order valence-electron chi connectivity index (χ2n) is 3.62. The summed E-state index contributed by atoms with van der Waals surface area (Å²) in [6.45, 7) is 5.38. The summed E-state index contributed by atoms with van der Waals surface area (Å²) in [5, 5.41) is 3.33. The summed E-state index contributed by atoms with van der Waals surface area (Å²) < 4.78 is 0. The van der Waals surface area contributed by atoms with Gasteiger partial charge >= 0.3 is 0 Å². The first kappa shape index (κ1) is 19.1. The Kier molecular flexibility index (Phi) is 10.9. The number of pyridine rings is 1. The second-order valence-corrected chi connectivity index (χ2v) is 3.62. The van der Waals surface area contributed by atoms with Crippen molar-refractivity contribution < 1.29 is 0 Å². The van der Waals surface area contributed by atoms with Crippen LogP contribution >= 0.6 is 37.2 Å². The lowest BCUT2D eigenvalue weighted by atomic mass is 10.2. The Balaban J connectivity index is 0. The number of nitrogens with zero attached hydrogens (tertiary/aromatic N) is 2. The summed E-state index contributed by atoms with van der Waals surface area (Å²) in [7, 11) is 0. The minimum absolute atomic E-state index is 0. The summed E-state index contributed by atoms with van der Waals surface area (Å²) in [6, 6.07) is 3.90. The molecule has 0 spiro atoms. The molecule has 3 N–H and O–H groups in total. The van der Waals surface area contributed by atoms with Crippen LogP contribution in [0.1, 0.15) is 5.56 Å². The van der Waals surface area contributed by atoms with E-state index in [2.05, 4.69) is 15.2 Å². The quantitative estimate of drug-likeness (QED) is 0.865. The van der Waals surface area contributed by atoms with Crippen molar-refractivity contribution in [3.63, 3.8) is 0 Å². The van der Waals surface area contributed by atoms with Crippen LogP contribution in [0.3, 0.4) is 0 Å². The van der Waals surface area contributed by atoms with Crippen molar-refractivity contribution in [2.24, 2.45) is 0 Å². The average molecular weight is 302 g/mol. The van der Waals surface area contributed by atoms with Gasteiger partial charge in [0.2, 0.25) is 0 Å². The SMILES string of the molecule is Cl.Cl.Cl.Nc1ccc(CN2CCNCC2)cn1. The van der Waals surface area contributed by atoms with Crippen molar-refractivity contribution in [1.29, 1.82) is 0 Å². The lowest BCUT2D eigenvalue weighted by Crippen LogP contribution is -2.42. The van der Waals surface area contributed by atoms with Gasteiger partial charge in [0.15, 0.2) is 0 Å². The van der Waals surface area contributed by atoms with Gasteiger partial charge in [0.1, 0.15) is 5.82 Å². The summed E-state index contributed by atoms with van der Waals surface area (Å²) in [5.74, 6) is 0.592. The number of halogens is 3. The molecule has 0 atom stereocenters. The maximum atomic E-state index is 5.53. The van der Waals surface area contributed by atoms with Gasteiger partial charge in [0.25, 0.3) is 0 Å². The van der Waals surface area contributed by atoms with Crippen molar-refractivity contribution >= 4 is 43.0 Å². The molecule has 0 amide bonds. The van der Waals surface area contributed by atoms with Crippen LogP contribution < -0.4 is 11.1 Å². The third-order valence-corrected chi connectivity index (χ3v) is 2.46. The summed E-state index contributed by atoms with van der Waals surface area (Å²) >= 11 is 0. The van der Waals surface area contributed by atoms with Crippen molar-refractivity contribution in [2.45, 2.75) is 6.54 Å². The van der Waals surface area contributed by atoms with Gasteiger partial charge in [0.05, 0.1) is 0 Å². The molecule has 17 heavy (non-hydrogen) atoms. The molecule has 1 aromatic heterocycles. The summed E-state index contributed by atoms with van der Waals surface area (Å²) in [6.07, 6.45) is 1.86. The normalized spacial score (nSPS) is 15.1. The van der Waals surface area contributed by atoms with E-state index in [4.69, 9.17) is 5.73 Å². The number of piperazine rings is 1. The van der Waals surface area contributed by atoms with Crippen LogP contribution in [0.5, 0.6) is 0 Å². The predicted octanol–water partition coefficient (Wildman–Crippen LogP) is 1.33. The number of nitrogens with two attached hydrogens (primary N) is 1. The molecule has 1 saturated heterocycles. The van der Waals surface area contributed by atoms with E-state index in [-0.39, 0.29) is 37.2 Å². The molecule has 0 aliphatic carbocycles. The molecular formula is C10H19Cl3N4. The fourth-order valence-corrected chi connectivity index (χ4v) is 1.66. The topological polar surface area (TPSA) is 54.2 Å². The maximum Gasteiger partial charge on any atom is 0.123 e. The molecule has 1 aromatic rings. The molecule has 0 bridgehead atoms. The minimum atomic E-state index is 0. The molecule has 0 saturated carbocycles. The molecule has 0 aromatic carbocycles. The molecule has 2 heterocycles. The fraction of sp³-hybridized carbons (Fsp3) is 0.500. The van der Waals surface area contributed by atoms with Crippen molar-refractivity contribution in [2.75, 3.05) is 31.9 Å². The Labute approximate surface area is 121 Å². The van der Waals surface area contributed by atoms with Gasteiger partial charge in [-0.1, -0.05) is 6.07 Å². The van der Waals surface area contributed by atoms with Gasteiger partial charge < -0.3 is 11.1 Å². The van der Waals surface area contributed by atoms with Gasteiger partial charge in [-0.2, -0.15) is 0 Å². The monoisotopic (exact) mass is 300 g/mol. The van der Waals surface area contributed by atoms with Crippen molar-refractivity contribution in [3.05, 3.63) is 23.9 Å². The lowest BCUT2D eigenvalue weighted by Gasteiger charge is -2.26. The Hall–Kier alpha value is -0.260. The fourth-order valence-electron chi connectivity index (χ4n) is 1.66. The van der Waals surface area contributed by atoms with Crippen LogP contribution in [0, 0.1) is 0 Å². The Morgan fingerprint density at radius 1 is 1.18 bits per heavy atom. The molecule has 4 nitrogen and oxygen atoms in total. The number of hydrogen-bond donors (Lipinski definition) is 2. The first-order valence-corrected chi connectivity index (χ1v) is 4.98. The smallest absolute Gasteiger partial charge is 0.123 e. The Morgan fingerprint density at radius 2 is 1.82 bits per heavy atom. The van der Waals surface area contributed by atoms with Crippen LogP contribution in [0.4, 0.5) is 5.82 Å². The highest BCUT2D eigenvalue weighted by molar-refractivity contribution is 5.86. The van der Waals surface area contributed by atoms with Gasteiger partial charge in [0, 0.05) is 38.9 Å². The highest BCUT2D eigenvalue weighted by Crippen LogP contribution is 2.05. The highest BCUT2D eigenvalue weighted by atomic mass is 35.5. The van der Waals surface area contributed by atoms with Crippen molar-refractivity contribution in [3.8, 4) is 0 Å². The van der Waals surface area contributed by atoms with Crippen molar-refractivity contribution in [1.82, 2.24) is 15.2 Å².